The highest BCUT2D eigenvalue weighted by atomic mass is 32.2. The van der Waals surface area contributed by atoms with Crippen molar-refractivity contribution in [1.29, 1.82) is 5.26 Å². The molecule has 0 radical (unpaired) electrons. The van der Waals surface area contributed by atoms with Gasteiger partial charge in [-0.3, -0.25) is 18.7 Å². The van der Waals surface area contributed by atoms with Crippen molar-refractivity contribution in [1.82, 2.24) is 14.1 Å². The Morgan fingerprint density at radius 2 is 1.86 bits per heavy atom. The highest BCUT2D eigenvalue weighted by Gasteiger charge is 2.27. The van der Waals surface area contributed by atoms with Gasteiger partial charge >= 0.3 is 0 Å². The molecule has 0 fully saturated rings. The third kappa shape index (κ3) is 4.24. The summed E-state index contributed by atoms with van der Waals surface area (Å²) in [6, 6.07) is 19.4. The van der Waals surface area contributed by atoms with Gasteiger partial charge in [0.1, 0.15) is 11.9 Å². The predicted molar refractivity (Wildman–Crippen MR) is 138 cm³/mol. The van der Waals surface area contributed by atoms with E-state index in [2.05, 4.69) is 16.4 Å². The SMILES string of the molecule is CCn1c(SCC(=O)Nc2c(C#N)c3c(n2-c2ccccc2)CCCC3)nc2ccccc2c1=O. The minimum absolute atomic E-state index is 0.0697. The number of benzene rings is 2. The van der Waals surface area contributed by atoms with Gasteiger partial charge in [0.05, 0.1) is 22.2 Å². The monoisotopic (exact) mass is 483 g/mol. The molecule has 5 rings (SSSR count). The van der Waals surface area contributed by atoms with Crippen molar-refractivity contribution in [3.63, 3.8) is 0 Å². The lowest BCUT2D eigenvalue weighted by atomic mass is 9.95. The van der Waals surface area contributed by atoms with Crippen LogP contribution in [0.4, 0.5) is 5.82 Å². The second kappa shape index (κ2) is 9.80. The number of para-hydroxylation sites is 2. The average Bonchev–Trinajstić information content (AvgIpc) is 3.20. The average molecular weight is 484 g/mol. The second-order valence-corrected chi connectivity index (χ2v) is 9.38. The lowest BCUT2D eigenvalue weighted by Crippen LogP contribution is -2.24. The minimum atomic E-state index is -0.247. The molecule has 2 heterocycles. The summed E-state index contributed by atoms with van der Waals surface area (Å²) in [4.78, 5) is 30.6. The highest BCUT2D eigenvalue weighted by Crippen LogP contribution is 2.35. The number of carbonyl (C=O) groups excluding carboxylic acids is 1. The molecule has 0 unspecified atom stereocenters. The predicted octanol–water partition coefficient (Wildman–Crippen LogP) is 4.69. The van der Waals surface area contributed by atoms with Crippen molar-refractivity contribution < 1.29 is 4.79 Å². The Morgan fingerprint density at radius 1 is 1.11 bits per heavy atom. The first kappa shape index (κ1) is 22.9. The van der Waals surface area contributed by atoms with E-state index in [1.54, 1.807) is 16.7 Å². The van der Waals surface area contributed by atoms with Crippen LogP contribution in [0.5, 0.6) is 0 Å². The molecule has 35 heavy (non-hydrogen) atoms. The largest absolute Gasteiger partial charge is 0.310 e. The summed E-state index contributed by atoms with van der Waals surface area (Å²) in [5.74, 6) is 0.347. The van der Waals surface area contributed by atoms with Gasteiger partial charge in [-0.2, -0.15) is 5.26 Å². The van der Waals surface area contributed by atoms with Gasteiger partial charge in [-0.05, 0) is 62.4 Å². The smallest absolute Gasteiger partial charge is 0.262 e. The molecule has 1 N–H and O–H groups in total. The van der Waals surface area contributed by atoms with Gasteiger partial charge in [-0.1, -0.05) is 42.1 Å². The number of fused-ring (bicyclic) bond motifs is 2. The number of nitriles is 1. The number of amides is 1. The van der Waals surface area contributed by atoms with Crippen LogP contribution in [0.2, 0.25) is 0 Å². The van der Waals surface area contributed by atoms with Crippen molar-refractivity contribution in [3.05, 3.63) is 81.8 Å². The molecule has 0 aliphatic heterocycles. The Hall–Kier alpha value is -3.83. The molecule has 176 valence electrons. The van der Waals surface area contributed by atoms with Crippen LogP contribution in [-0.4, -0.2) is 25.8 Å². The molecule has 0 saturated carbocycles. The summed E-state index contributed by atoms with van der Waals surface area (Å²) in [5, 5.41) is 14.1. The number of hydrogen-bond acceptors (Lipinski definition) is 5. The van der Waals surface area contributed by atoms with Crippen LogP contribution in [0.3, 0.4) is 0 Å². The lowest BCUT2D eigenvalue weighted by Gasteiger charge is -2.17. The topological polar surface area (TPSA) is 92.7 Å². The lowest BCUT2D eigenvalue weighted by molar-refractivity contribution is -0.113. The maximum absolute atomic E-state index is 13.1. The quantitative estimate of drug-likeness (QED) is 0.317. The molecule has 0 atom stereocenters. The molecule has 0 bridgehead atoms. The van der Waals surface area contributed by atoms with Crippen LogP contribution in [0.1, 0.15) is 36.6 Å². The summed E-state index contributed by atoms with van der Waals surface area (Å²) in [5.41, 5.74) is 4.09. The third-order valence-electron chi connectivity index (χ3n) is 6.33. The van der Waals surface area contributed by atoms with E-state index in [0.717, 1.165) is 42.6 Å². The van der Waals surface area contributed by atoms with Crippen molar-refractivity contribution in [3.8, 4) is 11.8 Å². The van der Waals surface area contributed by atoms with Gasteiger partial charge in [0.2, 0.25) is 5.91 Å². The first-order valence-corrected chi connectivity index (χ1v) is 12.7. The molecule has 1 aliphatic rings. The molecular weight excluding hydrogens is 458 g/mol. The van der Waals surface area contributed by atoms with Crippen LogP contribution < -0.4 is 10.9 Å². The fourth-order valence-corrected chi connectivity index (χ4v) is 5.59. The molecule has 2 aromatic heterocycles. The third-order valence-corrected chi connectivity index (χ3v) is 7.31. The van der Waals surface area contributed by atoms with Crippen molar-refractivity contribution in [2.24, 2.45) is 0 Å². The summed E-state index contributed by atoms with van der Waals surface area (Å²) < 4.78 is 3.61. The minimum Gasteiger partial charge on any atom is -0.310 e. The zero-order valence-corrected chi connectivity index (χ0v) is 20.3. The van der Waals surface area contributed by atoms with Gasteiger partial charge in [0.25, 0.3) is 5.56 Å². The zero-order chi connectivity index (χ0) is 24.4. The molecular formula is C27H25N5O2S. The Labute approximate surface area is 207 Å². The first-order valence-electron chi connectivity index (χ1n) is 11.8. The normalized spacial score (nSPS) is 12.8. The Balaban J connectivity index is 1.46. The molecule has 4 aromatic rings. The van der Waals surface area contributed by atoms with Gasteiger partial charge < -0.3 is 5.32 Å². The molecule has 8 heteroatoms. The maximum Gasteiger partial charge on any atom is 0.262 e. The number of anilines is 1. The molecule has 1 amide bonds. The fraction of sp³-hybridized carbons (Fsp3) is 0.259. The number of nitrogens with zero attached hydrogens (tertiary/aromatic N) is 4. The first-order chi connectivity index (χ1) is 17.1. The highest BCUT2D eigenvalue weighted by molar-refractivity contribution is 7.99. The van der Waals surface area contributed by atoms with Crippen LogP contribution in [-0.2, 0) is 24.2 Å². The number of nitrogens with one attached hydrogen (secondary N) is 1. The number of hydrogen-bond donors (Lipinski definition) is 1. The second-order valence-electron chi connectivity index (χ2n) is 8.44. The summed E-state index contributed by atoms with van der Waals surface area (Å²) >= 11 is 1.23. The number of carbonyl (C=O) groups is 1. The fourth-order valence-electron chi connectivity index (χ4n) is 4.73. The number of aromatic nitrogens is 3. The van der Waals surface area contributed by atoms with E-state index in [9.17, 15) is 14.9 Å². The Kier molecular flexibility index (Phi) is 6.43. The van der Waals surface area contributed by atoms with E-state index in [0.29, 0.717) is 34.0 Å². The zero-order valence-electron chi connectivity index (χ0n) is 19.5. The summed E-state index contributed by atoms with van der Waals surface area (Å²) in [6.07, 6.45) is 3.79. The number of thioether (sulfide) groups is 1. The standard InChI is InChI=1S/C27H25N5O2S/c1-2-31-26(34)20-13-6-8-14-22(20)29-27(31)35-17-24(33)30-25-21(16-28)19-12-7-9-15-23(19)32(25)18-10-4-3-5-11-18/h3-6,8,10-11,13-14H,2,7,9,12,15,17H2,1H3,(H,30,33). The van der Waals surface area contributed by atoms with Crippen LogP contribution >= 0.6 is 11.8 Å². The maximum atomic E-state index is 13.1. The Morgan fingerprint density at radius 3 is 2.63 bits per heavy atom. The molecule has 2 aromatic carbocycles. The van der Waals surface area contributed by atoms with Crippen molar-refractivity contribution in [2.75, 3.05) is 11.1 Å². The molecule has 0 spiro atoms. The van der Waals surface area contributed by atoms with E-state index in [-0.39, 0.29) is 17.2 Å². The van der Waals surface area contributed by atoms with Gasteiger partial charge in [-0.25, -0.2) is 4.98 Å². The van der Waals surface area contributed by atoms with Crippen molar-refractivity contribution in [2.45, 2.75) is 44.3 Å². The molecule has 7 nitrogen and oxygen atoms in total. The summed E-state index contributed by atoms with van der Waals surface area (Å²) in [7, 11) is 0. The van der Waals surface area contributed by atoms with Crippen LogP contribution in [0.15, 0.2) is 64.5 Å². The van der Waals surface area contributed by atoms with Gasteiger partial charge in [-0.15, -0.1) is 0 Å². The van der Waals surface area contributed by atoms with Crippen LogP contribution in [0, 0.1) is 11.3 Å². The van der Waals surface area contributed by atoms with Crippen LogP contribution in [0.25, 0.3) is 16.6 Å². The summed E-state index contributed by atoms with van der Waals surface area (Å²) in [6.45, 7) is 2.35. The van der Waals surface area contributed by atoms with E-state index in [4.69, 9.17) is 0 Å². The Bertz CT molecular complexity index is 1510. The van der Waals surface area contributed by atoms with Gasteiger partial charge in [0, 0.05) is 17.9 Å². The van der Waals surface area contributed by atoms with Crippen molar-refractivity contribution >= 4 is 34.4 Å². The molecule has 1 aliphatic carbocycles. The van der Waals surface area contributed by atoms with E-state index in [1.807, 2.05) is 54.0 Å². The van der Waals surface area contributed by atoms with E-state index in [1.165, 1.54) is 11.8 Å². The molecule has 0 saturated heterocycles. The van der Waals surface area contributed by atoms with E-state index >= 15 is 0 Å². The van der Waals surface area contributed by atoms with E-state index < -0.39 is 0 Å². The number of rotatable bonds is 6. The van der Waals surface area contributed by atoms with Gasteiger partial charge in [0.15, 0.2) is 5.16 Å².